The Morgan fingerprint density at radius 3 is 2.28 bits per heavy atom. The molecule has 2 aromatic carbocycles. The Morgan fingerprint density at radius 1 is 0.980 bits per heavy atom. The van der Waals surface area contributed by atoms with Gasteiger partial charge in [-0.25, -0.2) is 13.8 Å². The SMILES string of the molecule is CCC(CCN(C)C)C(=O)N1CCN(C(=O)c2ccc(NC(=O)c3ncc(-c4ccc(-c5ncc(N)cc5C)c(F)c4F)n3C)cc2Cl)CC1. The molecule has 1 atom stereocenters. The Morgan fingerprint density at radius 2 is 1.64 bits per heavy atom. The van der Waals surface area contributed by atoms with Crippen molar-refractivity contribution in [2.45, 2.75) is 26.7 Å². The van der Waals surface area contributed by atoms with Crippen LogP contribution in [-0.4, -0.2) is 93.8 Å². The highest BCUT2D eigenvalue weighted by molar-refractivity contribution is 6.34. The lowest BCUT2D eigenvalue weighted by molar-refractivity contribution is -0.137. The highest BCUT2D eigenvalue weighted by Crippen LogP contribution is 2.33. The van der Waals surface area contributed by atoms with E-state index in [1.165, 1.54) is 48.3 Å². The lowest BCUT2D eigenvalue weighted by Crippen LogP contribution is -2.52. The number of imidazole rings is 1. The van der Waals surface area contributed by atoms with Gasteiger partial charge in [0.15, 0.2) is 17.5 Å². The van der Waals surface area contributed by atoms with Crippen molar-refractivity contribution in [1.29, 1.82) is 0 Å². The van der Waals surface area contributed by atoms with Crippen molar-refractivity contribution in [2.75, 3.05) is 57.9 Å². The summed E-state index contributed by atoms with van der Waals surface area (Å²) in [6.07, 6.45) is 4.22. The maximum atomic E-state index is 15.4. The number of aromatic nitrogens is 3. The molecule has 50 heavy (non-hydrogen) atoms. The number of anilines is 2. The van der Waals surface area contributed by atoms with Crippen molar-refractivity contribution in [2.24, 2.45) is 13.0 Å². The Hall–Kier alpha value is -4.88. The smallest absolute Gasteiger partial charge is 0.291 e. The number of carbonyl (C=O) groups is 3. The van der Waals surface area contributed by atoms with Gasteiger partial charge in [-0.05, 0) is 82.4 Å². The van der Waals surface area contributed by atoms with E-state index in [1.54, 1.807) is 24.0 Å². The number of aryl methyl sites for hydroxylation is 1. The maximum absolute atomic E-state index is 15.4. The molecule has 11 nitrogen and oxygen atoms in total. The van der Waals surface area contributed by atoms with E-state index in [0.29, 0.717) is 43.1 Å². The molecule has 0 spiro atoms. The van der Waals surface area contributed by atoms with Crippen LogP contribution in [-0.2, 0) is 11.8 Å². The minimum absolute atomic E-state index is 0.0173. The zero-order valence-electron chi connectivity index (χ0n) is 28.8. The number of benzene rings is 2. The number of nitrogens with zero attached hydrogens (tertiary/aromatic N) is 6. The van der Waals surface area contributed by atoms with Crippen molar-refractivity contribution in [1.82, 2.24) is 29.2 Å². The zero-order chi connectivity index (χ0) is 36.3. The summed E-state index contributed by atoms with van der Waals surface area (Å²) in [5, 5.41) is 2.85. The quantitative estimate of drug-likeness (QED) is 0.223. The fourth-order valence-electron chi connectivity index (χ4n) is 6.11. The maximum Gasteiger partial charge on any atom is 0.291 e. The molecule has 4 aromatic rings. The average molecular weight is 707 g/mol. The zero-order valence-corrected chi connectivity index (χ0v) is 29.5. The molecule has 3 heterocycles. The second-order valence-corrected chi connectivity index (χ2v) is 13.1. The summed E-state index contributed by atoms with van der Waals surface area (Å²) in [5.41, 5.74) is 7.68. The van der Waals surface area contributed by atoms with Gasteiger partial charge in [0.2, 0.25) is 5.91 Å². The number of rotatable bonds is 10. The van der Waals surface area contributed by atoms with E-state index in [2.05, 4.69) is 20.2 Å². The topological polar surface area (TPSA) is 130 Å². The molecule has 3 N–H and O–H groups in total. The molecule has 264 valence electrons. The van der Waals surface area contributed by atoms with E-state index in [1.807, 2.05) is 25.9 Å². The van der Waals surface area contributed by atoms with Crippen LogP contribution in [0.25, 0.3) is 22.5 Å². The predicted octanol–water partition coefficient (Wildman–Crippen LogP) is 5.49. The number of amides is 3. The molecule has 1 aliphatic heterocycles. The van der Waals surface area contributed by atoms with Crippen LogP contribution in [0.1, 0.15) is 46.3 Å². The largest absolute Gasteiger partial charge is 0.397 e. The summed E-state index contributed by atoms with van der Waals surface area (Å²) in [5.74, 6) is -3.07. The minimum atomic E-state index is -1.11. The highest BCUT2D eigenvalue weighted by atomic mass is 35.5. The molecule has 14 heteroatoms. The fraction of sp³-hybridized carbons (Fsp3) is 0.361. The summed E-state index contributed by atoms with van der Waals surface area (Å²) < 4.78 is 32.0. The van der Waals surface area contributed by atoms with Gasteiger partial charge in [0.25, 0.3) is 11.8 Å². The fourth-order valence-corrected chi connectivity index (χ4v) is 6.37. The van der Waals surface area contributed by atoms with E-state index in [4.69, 9.17) is 17.3 Å². The first kappa shape index (κ1) is 36.4. The van der Waals surface area contributed by atoms with Crippen LogP contribution in [0.3, 0.4) is 0 Å². The van der Waals surface area contributed by atoms with Gasteiger partial charge >= 0.3 is 0 Å². The number of nitrogens with one attached hydrogen (secondary N) is 1. The van der Waals surface area contributed by atoms with Crippen LogP contribution in [0.4, 0.5) is 20.2 Å². The van der Waals surface area contributed by atoms with E-state index in [0.717, 1.165) is 19.4 Å². The van der Waals surface area contributed by atoms with Crippen molar-refractivity contribution in [3.05, 3.63) is 82.4 Å². The Balaban J connectivity index is 1.23. The summed E-state index contributed by atoms with van der Waals surface area (Å²) in [4.78, 5) is 53.5. The van der Waals surface area contributed by atoms with Gasteiger partial charge in [-0.3, -0.25) is 19.4 Å². The molecule has 1 unspecified atom stereocenters. The second-order valence-electron chi connectivity index (χ2n) is 12.7. The molecular weight excluding hydrogens is 666 g/mol. The number of hydrogen-bond acceptors (Lipinski definition) is 7. The molecule has 0 saturated carbocycles. The molecule has 1 fully saturated rings. The Bertz CT molecular complexity index is 1920. The molecule has 1 saturated heterocycles. The highest BCUT2D eigenvalue weighted by Gasteiger charge is 2.29. The lowest BCUT2D eigenvalue weighted by atomic mass is 10.00. The molecular formula is C36H41ClF2N8O3. The van der Waals surface area contributed by atoms with Crippen LogP contribution in [0, 0.1) is 24.5 Å². The van der Waals surface area contributed by atoms with Crippen LogP contribution in [0.2, 0.25) is 5.02 Å². The monoisotopic (exact) mass is 706 g/mol. The molecule has 0 bridgehead atoms. The van der Waals surface area contributed by atoms with Crippen molar-refractivity contribution < 1.29 is 23.2 Å². The number of halogens is 3. The van der Waals surface area contributed by atoms with Gasteiger partial charge in [0.1, 0.15) is 0 Å². The van der Waals surface area contributed by atoms with Crippen molar-refractivity contribution in [3.8, 4) is 22.5 Å². The summed E-state index contributed by atoms with van der Waals surface area (Å²) in [6, 6.07) is 9.01. The van der Waals surface area contributed by atoms with Crippen LogP contribution >= 0.6 is 11.6 Å². The van der Waals surface area contributed by atoms with Gasteiger partial charge in [-0.2, -0.15) is 0 Å². The molecule has 1 aliphatic rings. The standard InChI is InChI=1S/C36H41ClF2N8O3/c1-6-22(11-12-44(3)4)35(49)46-13-15-47(16-14-46)36(50)25-8-7-24(18-28(25)37)43-34(48)33-42-20-29(45(33)5)26-9-10-27(31(39)30(26)38)32-21(2)17-23(40)19-41-32/h7-10,17-20,22H,6,11-16,40H2,1-5H3,(H,43,48). The van der Waals surface area contributed by atoms with Crippen molar-refractivity contribution >= 4 is 40.7 Å². The van der Waals surface area contributed by atoms with E-state index < -0.39 is 17.5 Å². The third-order valence-corrected chi connectivity index (χ3v) is 9.32. The first-order valence-electron chi connectivity index (χ1n) is 16.4. The average Bonchev–Trinajstić information content (AvgIpc) is 3.47. The third kappa shape index (κ3) is 7.63. The van der Waals surface area contributed by atoms with Gasteiger partial charge < -0.3 is 30.3 Å². The molecule has 0 aliphatic carbocycles. The first-order chi connectivity index (χ1) is 23.8. The van der Waals surface area contributed by atoms with Crippen LogP contribution in [0.15, 0.2) is 48.8 Å². The summed E-state index contributed by atoms with van der Waals surface area (Å²) >= 11 is 6.52. The number of hydrogen-bond donors (Lipinski definition) is 2. The molecule has 2 aromatic heterocycles. The van der Waals surface area contributed by atoms with E-state index in [9.17, 15) is 14.4 Å². The number of nitrogens with two attached hydrogens (primary N) is 1. The predicted molar refractivity (Wildman–Crippen MR) is 190 cm³/mol. The van der Waals surface area contributed by atoms with Gasteiger partial charge in [-0.15, -0.1) is 0 Å². The third-order valence-electron chi connectivity index (χ3n) is 9.01. The van der Waals surface area contributed by atoms with E-state index in [-0.39, 0.29) is 56.7 Å². The first-order valence-corrected chi connectivity index (χ1v) is 16.7. The van der Waals surface area contributed by atoms with Gasteiger partial charge in [0.05, 0.1) is 40.1 Å². The van der Waals surface area contributed by atoms with Crippen LogP contribution in [0.5, 0.6) is 0 Å². The lowest BCUT2D eigenvalue weighted by Gasteiger charge is -2.36. The summed E-state index contributed by atoms with van der Waals surface area (Å²) in [7, 11) is 5.49. The number of nitrogen functional groups attached to an aromatic ring is 1. The molecule has 0 radical (unpaired) electrons. The number of pyridine rings is 1. The Labute approximate surface area is 295 Å². The van der Waals surface area contributed by atoms with E-state index >= 15 is 8.78 Å². The molecule has 5 rings (SSSR count). The number of carbonyl (C=O) groups excluding carboxylic acids is 3. The van der Waals surface area contributed by atoms with Gasteiger partial charge in [-0.1, -0.05) is 18.5 Å². The second kappa shape index (κ2) is 15.3. The molecule has 3 amide bonds. The number of piperazine rings is 1. The minimum Gasteiger partial charge on any atom is -0.397 e. The summed E-state index contributed by atoms with van der Waals surface area (Å²) in [6.45, 7) is 6.22. The Kier molecular flexibility index (Phi) is 11.2. The van der Waals surface area contributed by atoms with Crippen LogP contribution < -0.4 is 11.1 Å². The normalized spacial score (nSPS) is 13.9. The van der Waals surface area contributed by atoms with Gasteiger partial charge in [0, 0.05) is 56.0 Å². The van der Waals surface area contributed by atoms with Crippen molar-refractivity contribution in [3.63, 3.8) is 0 Å².